The van der Waals surface area contributed by atoms with E-state index in [9.17, 15) is 23.1 Å². The van der Waals surface area contributed by atoms with E-state index in [0.29, 0.717) is 5.69 Å². The Morgan fingerprint density at radius 3 is 2.45 bits per heavy atom. The molecule has 0 saturated carbocycles. The number of amides is 1. The number of rotatable bonds is 4. The fourth-order valence-corrected chi connectivity index (χ4v) is 4.54. The fraction of sp³-hybridized carbons (Fsp3) is 0.667. The van der Waals surface area contributed by atoms with Gasteiger partial charge in [0.15, 0.2) is 8.32 Å². The summed E-state index contributed by atoms with van der Waals surface area (Å²) >= 11 is 0. The molecule has 2 rings (SSSR count). The van der Waals surface area contributed by atoms with Crippen LogP contribution in [0.15, 0.2) is 18.5 Å². The van der Waals surface area contributed by atoms with Crippen molar-refractivity contribution < 1.29 is 27.5 Å². The van der Waals surface area contributed by atoms with Gasteiger partial charge in [0.25, 0.3) is 0 Å². The zero-order chi connectivity index (χ0) is 22.2. The van der Waals surface area contributed by atoms with Crippen molar-refractivity contribution in [2.24, 2.45) is 5.92 Å². The highest BCUT2D eigenvalue weighted by Crippen LogP contribution is 2.43. The molecule has 3 atom stereocenters. The number of pyridine rings is 1. The molecule has 1 amide bonds. The summed E-state index contributed by atoms with van der Waals surface area (Å²) in [6.07, 6.45) is -4.51. The number of anilines is 2. The highest BCUT2D eigenvalue weighted by Gasteiger charge is 2.54. The van der Waals surface area contributed by atoms with Gasteiger partial charge in [-0.1, -0.05) is 20.8 Å². The minimum atomic E-state index is -4.58. The molecule has 3 unspecified atom stereocenters. The van der Waals surface area contributed by atoms with E-state index >= 15 is 0 Å². The van der Waals surface area contributed by atoms with Gasteiger partial charge in [0, 0.05) is 19.3 Å². The molecular formula is C18H29F3N4O3Si. The van der Waals surface area contributed by atoms with Crippen LogP contribution in [0.3, 0.4) is 0 Å². The average molecular weight is 435 g/mol. The molecule has 1 aliphatic rings. The van der Waals surface area contributed by atoms with E-state index in [1.807, 2.05) is 33.9 Å². The molecule has 0 aliphatic carbocycles. The molecule has 1 fully saturated rings. The highest BCUT2D eigenvalue weighted by atomic mass is 28.4. The summed E-state index contributed by atoms with van der Waals surface area (Å²) in [4.78, 5) is 16.7. The van der Waals surface area contributed by atoms with Crippen molar-refractivity contribution >= 4 is 25.8 Å². The van der Waals surface area contributed by atoms with Crippen molar-refractivity contribution in [1.82, 2.24) is 10.3 Å². The third-order valence-corrected chi connectivity index (χ3v) is 10.2. The van der Waals surface area contributed by atoms with Crippen LogP contribution in [0.25, 0.3) is 0 Å². The molecule has 1 aliphatic heterocycles. The number of hydrogen-bond donors (Lipinski definition) is 3. The molecule has 1 aromatic heterocycles. The Morgan fingerprint density at radius 2 is 1.97 bits per heavy atom. The second-order valence-electron chi connectivity index (χ2n) is 8.89. The van der Waals surface area contributed by atoms with Crippen LogP contribution in [0.2, 0.25) is 18.1 Å². The van der Waals surface area contributed by atoms with Crippen molar-refractivity contribution in [1.29, 1.82) is 0 Å². The number of nitrogens with one attached hydrogen (secondary N) is 1. The van der Waals surface area contributed by atoms with Gasteiger partial charge in [-0.15, -0.1) is 0 Å². The standard InChI is InChI=1S/C18H29F3N4O3Si/c1-17(2,3)29(4,5)28-15-11(18(19,20)21)9-25(10-13(15)24-16(26)27)14-6-7-23-8-12(14)22/h6-8,11,13,15,24H,9-10,22H2,1-5H3,(H,26,27). The molecule has 0 aromatic carbocycles. The van der Waals surface area contributed by atoms with Crippen LogP contribution in [-0.4, -0.2) is 55.9 Å². The number of aromatic nitrogens is 1. The number of carbonyl (C=O) groups is 1. The lowest BCUT2D eigenvalue weighted by molar-refractivity contribution is -0.201. The van der Waals surface area contributed by atoms with E-state index in [1.165, 1.54) is 23.4 Å². The largest absolute Gasteiger partial charge is 0.465 e. The Labute approximate surface area is 169 Å². The normalized spacial score (nSPS) is 23.7. The van der Waals surface area contributed by atoms with Crippen LogP contribution in [0, 0.1) is 5.92 Å². The quantitative estimate of drug-likeness (QED) is 0.625. The minimum Gasteiger partial charge on any atom is -0.465 e. The second kappa shape index (κ2) is 8.02. The Kier molecular flexibility index (Phi) is 6.43. The maximum absolute atomic E-state index is 14.1. The van der Waals surface area contributed by atoms with E-state index < -0.39 is 38.7 Å². The van der Waals surface area contributed by atoms with E-state index in [1.54, 1.807) is 0 Å². The zero-order valence-corrected chi connectivity index (χ0v) is 18.2. The lowest BCUT2D eigenvalue weighted by atomic mass is 9.89. The maximum Gasteiger partial charge on any atom is 0.405 e. The zero-order valence-electron chi connectivity index (χ0n) is 17.2. The smallest absolute Gasteiger partial charge is 0.405 e. The third kappa shape index (κ3) is 5.33. The number of halogens is 3. The molecule has 11 heteroatoms. The Balaban J connectivity index is 2.46. The van der Waals surface area contributed by atoms with Crippen molar-refractivity contribution in [3.8, 4) is 0 Å². The van der Waals surface area contributed by atoms with E-state index in [4.69, 9.17) is 10.2 Å². The number of nitrogens with zero attached hydrogens (tertiary/aromatic N) is 2. The van der Waals surface area contributed by atoms with Gasteiger partial charge in [-0.25, -0.2) is 4.79 Å². The first kappa shape index (κ1) is 23.3. The Morgan fingerprint density at radius 1 is 1.34 bits per heavy atom. The second-order valence-corrected chi connectivity index (χ2v) is 13.6. The first-order chi connectivity index (χ1) is 13.1. The summed E-state index contributed by atoms with van der Waals surface area (Å²) in [6, 6.07) is 0.449. The van der Waals surface area contributed by atoms with E-state index in [2.05, 4.69) is 10.3 Å². The number of hydrogen-bond acceptors (Lipinski definition) is 5. The number of alkyl halides is 3. The molecule has 1 saturated heterocycles. The van der Waals surface area contributed by atoms with Gasteiger partial charge in [-0.05, 0) is 24.2 Å². The number of nitrogens with two attached hydrogens (primary N) is 1. The number of carboxylic acid groups (broad SMARTS) is 1. The molecule has 4 N–H and O–H groups in total. The van der Waals surface area contributed by atoms with E-state index in [0.717, 1.165) is 0 Å². The highest BCUT2D eigenvalue weighted by molar-refractivity contribution is 6.74. The van der Waals surface area contributed by atoms with Crippen LogP contribution in [-0.2, 0) is 4.43 Å². The summed E-state index contributed by atoms with van der Waals surface area (Å²) in [5, 5.41) is 11.2. The van der Waals surface area contributed by atoms with Crippen molar-refractivity contribution in [2.75, 3.05) is 23.7 Å². The van der Waals surface area contributed by atoms with Gasteiger partial charge in [-0.3, -0.25) is 4.98 Å². The number of nitrogen functional groups attached to an aromatic ring is 1. The maximum atomic E-state index is 14.1. The van der Waals surface area contributed by atoms with Crippen molar-refractivity contribution in [3.05, 3.63) is 18.5 Å². The van der Waals surface area contributed by atoms with E-state index in [-0.39, 0.29) is 23.8 Å². The monoisotopic (exact) mass is 434 g/mol. The minimum absolute atomic E-state index is 0.00633. The lowest BCUT2D eigenvalue weighted by Gasteiger charge is -2.49. The van der Waals surface area contributed by atoms with Gasteiger partial charge >= 0.3 is 12.3 Å². The first-order valence-corrected chi connectivity index (χ1v) is 12.2. The Hall–Kier alpha value is -2.01. The van der Waals surface area contributed by atoms with Crippen molar-refractivity contribution in [3.63, 3.8) is 0 Å². The van der Waals surface area contributed by atoms with Gasteiger partial charge in [0.05, 0.1) is 35.6 Å². The molecule has 1 aromatic rings. The van der Waals surface area contributed by atoms with Gasteiger partial charge < -0.3 is 25.5 Å². The molecule has 0 spiro atoms. The van der Waals surface area contributed by atoms with Crippen molar-refractivity contribution in [2.45, 2.75) is 57.2 Å². The van der Waals surface area contributed by atoms with Gasteiger partial charge in [0.2, 0.25) is 0 Å². The Bertz CT molecular complexity index is 740. The summed E-state index contributed by atoms with van der Waals surface area (Å²) in [7, 11) is -2.60. The average Bonchev–Trinajstić information content (AvgIpc) is 2.54. The predicted octanol–water partition coefficient (Wildman–Crippen LogP) is 3.69. The predicted molar refractivity (Wildman–Crippen MR) is 107 cm³/mol. The lowest BCUT2D eigenvalue weighted by Crippen LogP contribution is -2.65. The van der Waals surface area contributed by atoms with Crippen LogP contribution in [0.1, 0.15) is 20.8 Å². The van der Waals surface area contributed by atoms with Crippen LogP contribution in [0.5, 0.6) is 0 Å². The molecule has 29 heavy (non-hydrogen) atoms. The fourth-order valence-electron chi connectivity index (χ4n) is 3.18. The van der Waals surface area contributed by atoms with Gasteiger partial charge in [-0.2, -0.15) is 13.2 Å². The molecular weight excluding hydrogens is 405 g/mol. The molecule has 0 bridgehead atoms. The third-order valence-electron chi connectivity index (χ3n) is 5.76. The molecule has 2 heterocycles. The summed E-state index contributed by atoms with van der Waals surface area (Å²) in [6.45, 7) is 9.11. The summed E-state index contributed by atoms with van der Waals surface area (Å²) < 4.78 is 48.3. The van der Waals surface area contributed by atoms with Crippen LogP contribution >= 0.6 is 0 Å². The molecule has 164 valence electrons. The van der Waals surface area contributed by atoms with Crippen LogP contribution < -0.4 is 16.0 Å². The molecule has 7 nitrogen and oxygen atoms in total. The number of piperidine rings is 1. The summed E-state index contributed by atoms with van der Waals surface area (Å²) in [5.74, 6) is -1.88. The summed E-state index contributed by atoms with van der Waals surface area (Å²) in [5.41, 5.74) is 6.51. The first-order valence-electron chi connectivity index (χ1n) is 9.32. The topological polar surface area (TPSA) is 101 Å². The van der Waals surface area contributed by atoms with Gasteiger partial charge in [0.1, 0.15) is 0 Å². The van der Waals surface area contributed by atoms with Crippen LogP contribution in [0.4, 0.5) is 29.3 Å². The molecule has 0 radical (unpaired) electrons. The SMILES string of the molecule is CC(C)(C)[Si](C)(C)OC1C(NC(=O)O)CN(c2ccncc2N)CC1C(F)(F)F.